The van der Waals surface area contributed by atoms with E-state index in [4.69, 9.17) is 4.74 Å². The fourth-order valence-electron chi connectivity index (χ4n) is 2.43. The second-order valence-corrected chi connectivity index (χ2v) is 4.46. The predicted molar refractivity (Wildman–Crippen MR) is 66.7 cm³/mol. The summed E-state index contributed by atoms with van der Waals surface area (Å²) >= 11 is 0. The highest BCUT2D eigenvalue weighted by Crippen LogP contribution is 2.36. The van der Waals surface area contributed by atoms with Crippen LogP contribution in [0.4, 0.5) is 0 Å². The Morgan fingerprint density at radius 1 is 1.50 bits per heavy atom. The van der Waals surface area contributed by atoms with Crippen molar-refractivity contribution in [3.63, 3.8) is 0 Å². The van der Waals surface area contributed by atoms with Gasteiger partial charge in [-0.15, -0.1) is 0 Å². The number of hydrogen-bond acceptors (Lipinski definition) is 4. The van der Waals surface area contributed by atoms with E-state index < -0.39 is 0 Å². The van der Waals surface area contributed by atoms with Gasteiger partial charge in [-0.25, -0.2) is 4.79 Å². The van der Waals surface area contributed by atoms with Gasteiger partial charge in [-0.1, -0.05) is 12.1 Å². The fourth-order valence-corrected chi connectivity index (χ4v) is 2.43. The molecule has 4 nitrogen and oxygen atoms in total. The zero-order valence-corrected chi connectivity index (χ0v) is 10.5. The maximum Gasteiger partial charge on any atom is 0.343 e. The molecule has 0 heterocycles. The molecule has 18 heavy (non-hydrogen) atoms. The van der Waals surface area contributed by atoms with Gasteiger partial charge in [0.1, 0.15) is 5.75 Å². The number of rotatable bonds is 4. The third-order valence-electron chi connectivity index (χ3n) is 3.38. The summed E-state index contributed by atoms with van der Waals surface area (Å²) in [5.41, 5.74) is 2.26. The van der Waals surface area contributed by atoms with Crippen LogP contribution in [0.2, 0.25) is 0 Å². The topological polar surface area (TPSA) is 55.8 Å². The minimum absolute atomic E-state index is 0.0727. The van der Waals surface area contributed by atoms with Crippen LogP contribution in [0.5, 0.6) is 5.75 Å². The molecule has 0 spiro atoms. The van der Waals surface area contributed by atoms with Crippen molar-refractivity contribution in [2.45, 2.75) is 25.2 Å². The number of carbonyl (C=O) groups is 1. The van der Waals surface area contributed by atoms with Crippen molar-refractivity contribution in [3.05, 3.63) is 29.3 Å². The number of hydrogen-bond donors (Lipinski definition) is 1. The molecular weight excluding hydrogens is 232 g/mol. The van der Waals surface area contributed by atoms with E-state index in [9.17, 15) is 9.90 Å². The van der Waals surface area contributed by atoms with E-state index in [1.54, 1.807) is 0 Å². The van der Waals surface area contributed by atoms with Crippen molar-refractivity contribution in [1.82, 2.24) is 0 Å². The van der Waals surface area contributed by atoms with Crippen LogP contribution in [-0.2, 0) is 16.0 Å². The minimum atomic E-state index is -0.387. The zero-order valence-electron chi connectivity index (χ0n) is 10.5. The molecule has 2 rings (SSSR count). The molecule has 4 heteroatoms. The second kappa shape index (κ2) is 5.87. The molecule has 1 N–H and O–H groups in total. The lowest BCUT2D eigenvalue weighted by molar-refractivity contribution is -0.142. The molecule has 1 atom stereocenters. The van der Waals surface area contributed by atoms with Gasteiger partial charge in [0.05, 0.1) is 7.11 Å². The highest BCUT2D eigenvalue weighted by atomic mass is 16.6. The van der Waals surface area contributed by atoms with Crippen LogP contribution in [0.3, 0.4) is 0 Å². The first-order valence-electron chi connectivity index (χ1n) is 6.18. The quantitative estimate of drug-likeness (QED) is 0.826. The highest BCUT2D eigenvalue weighted by Gasteiger charge is 2.22. The zero-order chi connectivity index (χ0) is 13.0. The number of fused-ring (bicyclic) bond motifs is 1. The highest BCUT2D eigenvalue weighted by molar-refractivity contribution is 5.71. The summed E-state index contributed by atoms with van der Waals surface area (Å²) in [6.45, 7) is 0.0875. The first-order chi connectivity index (χ1) is 8.76. The van der Waals surface area contributed by atoms with Gasteiger partial charge in [-0.2, -0.15) is 0 Å². The number of carbonyl (C=O) groups excluding carboxylic acids is 1. The van der Waals surface area contributed by atoms with E-state index >= 15 is 0 Å². The van der Waals surface area contributed by atoms with Gasteiger partial charge in [0.2, 0.25) is 0 Å². The maximum atomic E-state index is 11.1. The standard InChI is InChI=1S/C14H18O4/c1-17-14(16)9-18-13-7-3-5-11-10(8-15)4-2-6-12(11)13/h3,5,7,10,15H,2,4,6,8-9H2,1H3. The van der Waals surface area contributed by atoms with E-state index in [0.717, 1.165) is 36.1 Å². The number of aliphatic hydroxyl groups excluding tert-OH is 1. The van der Waals surface area contributed by atoms with Crippen molar-refractivity contribution in [2.75, 3.05) is 20.3 Å². The normalized spacial score (nSPS) is 18.0. The summed E-state index contributed by atoms with van der Waals surface area (Å²) in [7, 11) is 1.34. The summed E-state index contributed by atoms with van der Waals surface area (Å²) in [5.74, 6) is 0.536. The molecule has 0 aliphatic heterocycles. The van der Waals surface area contributed by atoms with Gasteiger partial charge >= 0.3 is 5.97 Å². The Bertz CT molecular complexity index is 428. The number of ether oxygens (including phenoxy) is 2. The van der Waals surface area contributed by atoms with Crippen LogP contribution in [0.25, 0.3) is 0 Å². The second-order valence-electron chi connectivity index (χ2n) is 4.46. The molecule has 1 aliphatic carbocycles. The molecule has 0 fully saturated rings. The van der Waals surface area contributed by atoms with Crippen LogP contribution in [0, 0.1) is 0 Å². The van der Waals surface area contributed by atoms with Crippen molar-refractivity contribution < 1.29 is 19.4 Å². The first-order valence-corrected chi connectivity index (χ1v) is 6.18. The Kier molecular flexibility index (Phi) is 4.20. The third-order valence-corrected chi connectivity index (χ3v) is 3.38. The third kappa shape index (κ3) is 2.64. The molecule has 1 aromatic carbocycles. The van der Waals surface area contributed by atoms with E-state index in [-0.39, 0.29) is 25.1 Å². The molecule has 1 aliphatic rings. The monoisotopic (exact) mass is 250 g/mol. The van der Waals surface area contributed by atoms with Crippen LogP contribution in [0.15, 0.2) is 18.2 Å². The average molecular weight is 250 g/mol. The van der Waals surface area contributed by atoms with E-state index in [0.29, 0.717) is 0 Å². The molecule has 1 unspecified atom stereocenters. The van der Waals surface area contributed by atoms with Gasteiger partial charge in [-0.3, -0.25) is 0 Å². The minimum Gasteiger partial charge on any atom is -0.482 e. The van der Waals surface area contributed by atoms with Gasteiger partial charge in [0.25, 0.3) is 0 Å². The molecule has 1 aromatic rings. The Balaban J connectivity index is 2.19. The largest absolute Gasteiger partial charge is 0.482 e. The fraction of sp³-hybridized carbons (Fsp3) is 0.500. The molecular formula is C14H18O4. The van der Waals surface area contributed by atoms with E-state index in [1.807, 2.05) is 18.2 Å². The molecule has 0 radical (unpaired) electrons. The predicted octanol–water partition coefficient (Wildman–Crippen LogP) is 1.65. The van der Waals surface area contributed by atoms with Crippen molar-refractivity contribution in [3.8, 4) is 5.75 Å². The molecule has 0 saturated heterocycles. The maximum absolute atomic E-state index is 11.1. The Labute approximate surface area is 107 Å². The summed E-state index contributed by atoms with van der Waals surface area (Å²) in [5, 5.41) is 9.37. The number of benzene rings is 1. The van der Waals surface area contributed by atoms with Crippen molar-refractivity contribution in [1.29, 1.82) is 0 Å². The smallest absolute Gasteiger partial charge is 0.343 e. The molecule has 0 aromatic heterocycles. The summed E-state index contributed by atoms with van der Waals surface area (Å²) < 4.78 is 10.0. The average Bonchev–Trinajstić information content (AvgIpc) is 2.43. The summed E-state index contributed by atoms with van der Waals surface area (Å²) in [6, 6.07) is 5.79. The molecule has 0 saturated carbocycles. The molecule has 98 valence electrons. The van der Waals surface area contributed by atoms with Crippen molar-refractivity contribution >= 4 is 5.97 Å². The van der Waals surface area contributed by atoms with Crippen LogP contribution in [-0.4, -0.2) is 31.4 Å². The van der Waals surface area contributed by atoms with Crippen LogP contribution < -0.4 is 4.74 Å². The number of aliphatic hydroxyl groups is 1. The van der Waals surface area contributed by atoms with Crippen LogP contribution >= 0.6 is 0 Å². The van der Waals surface area contributed by atoms with E-state index in [2.05, 4.69) is 4.74 Å². The lowest BCUT2D eigenvalue weighted by atomic mass is 9.83. The Hall–Kier alpha value is -1.55. The SMILES string of the molecule is COC(=O)COc1cccc2c1CCCC2CO. The van der Waals surface area contributed by atoms with Crippen LogP contribution in [0.1, 0.15) is 29.9 Å². The number of methoxy groups -OCH3 is 1. The van der Waals surface area contributed by atoms with Gasteiger partial charge < -0.3 is 14.6 Å². The Morgan fingerprint density at radius 2 is 2.33 bits per heavy atom. The summed E-state index contributed by atoms with van der Waals surface area (Å²) in [6.07, 6.45) is 2.98. The lowest BCUT2D eigenvalue weighted by Crippen LogP contribution is -2.17. The molecule has 0 amide bonds. The molecule has 0 bridgehead atoms. The number of esters is 1. The van der Waals surface area contributed by atoms with Gasteiger partial charge in [0, 0.05) is 12.5 Å². The Morgan fingerprint density at radius 3 is 3.06 bits per heavy atom. The van der Waals surface area contributed by atoms with E-state index in [1.165, 1.54) is 7.11 Å². The van der Waals surface area contributed by atoms with Crippen molar-refractivity contribution in [2.24, 2.45) is 0 Å². The van der Waals surface area contributed by atoms with Gasteiger partial charge in [-0.05, 0) is 36.5 Å². The first kappa shape index (κ1) is 12.9. The van der Waals surface area contributed by atoms with Gasteiger partial charge in [0.15, 0.2) is 6.61 Å². The summed E-state index contributed by atoms with van der Waals surface area (Å²) in [4.78, 5) is 11.1. The lowest BCUT2D eigenvalue weighted by Gasteiger charge is -2.25.